The van der Waals surface area contributed by atoms with Gasteiger partial charge in [-0.15, -0.1) is 0 Å². The van der Waals surface area contributed by atoms with E-state index in [1.54, 1.807) is 6.92 Å². The van der Waals surface area contributed by atoms with Crippen LogP contribution in [0.4, 0.5) is 5.69 Å². The zero-order valence-corrected chi connectivity index (χ0v) is 13.7. The molecule has 1 aliphatic rings. The maximum absolute atomic E-state index is 12.2. The highest BCUT2D eigenvalue weighted by atomic mass is 32.2. The van der Waals surface area contributed by atoms with Gasteiger partial charge in [0, 0.05) is 29.4 Å². The third kappa shape index (κ3) is 2.61. The number of aromatic amines is 1. The minimum atomic E-state index is -3.41. The lowest BCUT2D eigenvalue weighted by Gasteiger charge is -2.03. The van der Waals surface area contributed by atoms with E-state index < -0.39 is 15.8 Å². The molecular formula is C16H14N2O5S. The molecule has 0 atom stereocenters. The third-order valence-corrected chi connectivity index (χ3v) is 5.01. The van der Waals surface area contributed by atoms with Crippen molar-refractivity contribution in [3.63, 3.8) is 0 Å². The molecule has 8 heteroatoms. The molecule has 2 aromatic rings. The van der Waals surface area contributed by atoms with Crippen LogP contribution in [-0.4, -0.2) is 36.6 Å². The molecule has 2 heterocycles. The summed E-state index contributed by atoms with van der Waals surface area (Å²) in [6.07, 6.45) is 3.97. The van der Waals surface area contributed by atoms with E-state index in [9.17, 15) is 18.0 Å². The number of hydrogen-bond acceptors (Lipinski definition) is 4. The van der Waals surface area contributed by atoms with Crippen molar-refractivity contribution in [3.05, 3.63) is 46.8 Å². The largest absolute Gasteiger partial charge is 0.478 e. The molecule has 1 aromatic heterocycles. The van der Waals surface area contributed by atoms with Crippen LogP contribution in [0.2, 0.25) is 0 Å². The van der Waals surface area contributed by atoms with Crippen molar-refractivity contribution >= 4 is 39.1 Å². The predicted octanol–water partition coefficient (Wildman–Crippen LogP) is 1.92. The minimum Gasteiger partial charge on any atom is -0.478 e. The number of carboxylic acid groups (broad SMARTS) is 1. The topological polar surface area (TPSA) is 116 Å². The smallest absolute Gasteiger partial charge is 0.337 e. The number of fused-ring (bicyclic) bond motifs is 1. The number of hydrogen-bond donors (Lipinski definition) is 3. The zero-order chi connectivity index (χ0) is 17.6. The first-order chi connectivity index (χ1) is 11.2. The van der Waals surface area contributed by atoms with Crippen molar-refractivity contribution in [1.82, 2.24) is 4.98 Å². The molecule has 0 aliphatic carbocycles. The second-order valence-electron chi connectivity index (χ2n) is 5.54. The van der Waals surface area contributed by atoms with Gasteiger partial charge in [-0.05, 0) is 36.8 Å². The summed E-state index contributed by atoms with van der Waals surface area (Å²) in [6, 6.07) is 4.40. The Bertz CT molecular complexity index is 1020. The lowest BCUT2D eigenvalue weighted by Crippen LogP contribution is -2.03. The molecule has 0 saturated carbocycles. The number of rotatable bonds is 3. The molecule has 0 saturated heterocycles. The summed E-state index contributed by atoms with van der Waals surface area (Å²) in [4.78, 5) is 26.2. The first kappa shape index (κ1) is 16.0. The van der Waals surface area contributed by atoms with E-state index >= 15 is 0 Å². The summed E-state index contributed by atoms with van der Waals surface area (Å²) in [5.74, 6) is -1.44. The lowest BCUT2D eigenvalue weighted by atomic mass is 10.0. The van der Waals surface area contributed by atoms with Crippen LogP contribution in [0.25, 0.3) is 11.6 Å². The van der Waals surface area contributed by atoms with E-state index in [0.29, 0.717) is 22.5 Å². The summed E-state index contributed by atoms with van der Waals surface area (Å²) in [6.45, 7) is 1.63. The van der Waals surface area contributed by atoms with Crippen molar-refractivity contribution in [2.24, 2.45) is 0 Å². The van der Waals surface area contributed by atoms with Crippen LogP contribution in [0, 0.1) is 6.92 Å². The summed E-state index contributed by atoms with van der Waals surface area (Å²) in [5.41, 5.74) is 2.35. The van der Waals surface area contributed by atoms with Crippen LogP contribution >= 0.6 is 0 Å². The van der Waals surface area contributed by atoms with Gasteiger partial charge < -0.3 is 15.4 Å². The SMILES string of the molecule is Cc1c(C(=O)O)c[nH]c1/C=C1\C(=O)Nc2ccc(S(C)(=O)=O)cc21. The Balaban J connectivity index is 2.14. The zero-order valence-electron chi connectivity index (χ0n) is 12.9. The monoisotopic (exact) mass is 346 g/mol. The number of carbonyl (C=O) groups excluding carboxylic acids is 1. The van der Waals surface area contributed by atoms with Crippen LogP contribution < -0.4 is 5.32 Å². The van der Waals surface area contributed by atoms with Crippen LogP contribution in [-0.2, 0) is 14.6 Å². The number of H-pyrrole nitrogens is 1. The summed E-state index contributed by atoms with van der Waals surface area (Å²) < 4.78 is 23.4. The second-order valence-corrected chi connectivity index (χ2v) is 7.55. The molecule has 1 aromatic carbocycles. The van der Waals surface area contributed by atoms with Gasteiger partial charge in [0.2, 0.25) is 0 Å². The van der Waals surface area contributed by atoms with E-state index in [1.807, 2.05) is 0 Å². The van der Waals surface area contributed by atoms with Crippen LogP contribution in [0.3, 0.4) is 0 Å². The first-order valence-corrected chi connectivity index (χ1v) is 8.86. The van der Waals surface area contributed by atoms with Crippen molar-refractivity contribution < 1.29 is 23.1 Å². The standard InChI is InChI=1S/C16H14N2O5S/c1-8-12(16(20)21)7-17-14(8)6-11-10-5-9(24(2,22)23)3-4-13(10)18-15(11)19/h3-7,17H,1-2H3,(H,18,19)(H,20,21)/b11-6-. The Morgan fingerprint density at radius 2 is 2.00 bits per heavy atom. The lowest BCUT2D eigenvalue weighted by molar-refractivity contribution is -0.110. The number of amides is 1. The van der Waals surface area contributed by atoms with Gasteiger partial charge in [0.05, 0.1) is 16.0 Å². The molecule has 0 bridgehead atoms. The molecule has 3 rings (SSSR count). The number of benzene rings is 1. The molecule has 3 N–H and O–H groups in total. The van der Waals surface area contributed by atoms with Crippen molar-refractivity contribution in [3.8, 4) is 0 Å². The fraction of sp³-hybridized carbons (Fsp3) is 0.125. The number of nitrogens with one attached hydrogen (secondary N) is 2. The second kappa shape index (κ2) is 5.34. The van der Waals surface area contributed by atoms with Gasteiger partial charge in [-0.25, -0.2) is 13.2 Å². The average molecular weight is 346 g/mol. The van der Waals surface area contributed by atoms with E-state index in [1.165, 1.54) is 30.5 Å². The van der Waals surface area contributed by atoms with E-state index in [2.05, 4.69) is 10.3 Å². The summed E-state index contributed by atoms with van der Waals surface area (Å²) in [5, 5.41) is 11.8. The molecule has 1 aliphatic heterocycles. The summed E-state index contributed by atoms with van der Waals surface area (Å²) in [7, 11) is -3.41. The third-order valence-electron chi connectivity index (χ3n) is 3.90. The molecule has 24 heavy (non-hydrogen) atoms. The van der Waals surface area contributed by atoms with Gasteiger partial charge in [-0.2, -0.15) is 0 Å². The normalized spacial score (nSPS) is 15.4. The number of aromatic nitrogens is 1. The quantitative estimate of drug-likeness (QED) is 0.734. The maximum Gasteiger partial charge on any atom is 0.337 e. The van der Waals surface area contributed by atoms with E-state index in [4.69, 9.17) is 5.11 Å². The Hall–Kier alpha value is -2.87. The first-order valence-electron chi connectivity index (χ1n) is 6.97. The van der Waals surface area contributed by atoms with Crippen molar-refractivity contribution in [1.29, 1.82) is 0 Å². The molecule has 0 spiro atoms. The molecule has 124 valence electrons. The Morgan fingerprint density at radius 3 is 2.58 bits per heavy atom. The van der Waals surface area contributed by atoms with E-state index in [0.717, 1.165) is 6.26 Å². The molecule has 0 unspecified atom stereocenters. The molecule has 0 radical (unpaired) electrons. The highest BCUT2D eigenvalue weighted by molar-refractivity contribution is 7.90. The Kier molecular flexibility index (Phi) is 3.56. The number of aromatic carboxylic acids is 1. The molecular weight excluding hydrogens is 332 g/mol. The van der Waals surface area contributed by atoms with Gasteiger partial charge >= 0.3 is 5.97 Å². The maximum atomic E-state index is 12.2. The molecule has 1 amide bonds. The molecule has 0 fully saturated rings. The van der Waals surface area contributed by atoms with E-state index in [-0.39, 0.29) is 21.9 Å². The van der Waals surface area contributed by atoms with Crippen molar-refractivity contribution in [2.45, 2.75) is 11.8 Å². The number of carbonyl (C=O) groups is 2. The van der Waals surface area contributed by atoms with Gasteiger partial charge in [-0.3, -0.25) is 4.79 Å². The van der Waals surface area contributed by atoms with Crippen LogP contribution in [0.15, 0.2) is 29.3 Å². The van der Waals surface area contributed by atoms with Crippen molar-refractivity contribution in [2.75, 3.05) is 11.6 Å². The number of carboxylic acids is 1. The summed E-state index contributed by atoms with van der Waals surface area (Å²) >= 11 is 0. The average Bonchev–Trinajstić information content (AvgIpc) is 2.99. The highest BCUT2D eigenvalue weighted by Gasteiger charge is 2.26. The van der Waals surface area contributed by atoms with Gasteiger partial charge in [0.1, 0.15) is 0 Å². The Labute approximate surface area is 137 Å². The fourth-order valence-electron chi connectivity index (χ4n) is 2.57. The molecule has 7 nitrogen and oxygen atoms in total. The Morgan fingerprint density at radius 1 is 1.29 bits per heavy atom. The van der Waals surface area contributed by atoms with Gasteiger partial charge in [0.15, 0.2) is 9.84 Å². The van der Waals surface area contributed by atoms with Crippen LogP contribution in [0.1, 0.15) is 27.2 Å². The van der Waals surface area contributed by atoms with Gasteiger partial charge in [-0.1, -0.05) is 0 Å². The minimum absolute atomic E-state index is 0.109. The number of sulfone groups is 1. The van der Waals surface area contributed by atoms with Gasteiger partial charge in [0.25, 0.3) is 5.91 Å². The predicted molar refractivity (Wildman–Crippen MR) is 88.5 cm³/mol. The highest BCUT2D eigenvalue weighted by Crippen LogP contribution is 2.35. The number of anilines is 1. The van der Waals surface area contributed by atoms with Crippen LogP contribution in [0.5, 0.6) is 0 Å². The fourth-order valence-corrected chi connectivity index (χ4v) is 3.22.